The third-order valence-electron chi connectivity index (χ3n) is 8.44. The van der Waals surface area contributed by atoms with E-state index in [4.69, 9.17) is 4.74 Å². The second kappa shape index (κ2) is 6.40. The largest absolute Gasteiger partial charge is 0.507 e. The van der Waals surface area contributed by atoms with E-state index >= 15 is 0 Å². The van der Waals surface area contributed by atoms with Crippen LogP contribution in [0.1, 0.15) is 88.8 Å². The van der Waals surface area contributed by atoms with E-state index in [0.29, 0.717) is 22.8 Å². The van der Waals surface area contributed by atoms with Crippen molar-refractivity contribution in [1.82, 2.24) is 0 Å². The molecule has 0 saturated heterocycles. The van der Waals surface area contributed by atoms with Crippen LogP contribution in [0, 0.1) is 23.2 Å². The molecule has 0 radical (unpaired) electrons. The molecule has 3 heteroatoms. The van der Waals surface area contributed by atoms with Crippen LogP contribution in [0.5, 0.6) is 11.5 Å². The highest BCUT2D eigenvalue weighted by Crippen LogP contribution is 2.65. The number of aromatic hydroxyl groups is 1. The summed E-state index contributed by atoms with van der Waals surface area (Å²) >= 11 is 0. The van der Waals surface area contributed by atoms with Crippen LogP contribution in [-0.2, 0) is 12.0 Å². The fourth-order valence-corrected chi connectivity index (χ4v) is 7.28. The zero-order valence-corrected chi connectivity index (χ0v) is 17.6. The normalized spacial score (nSPS) is 35.3. The smallest absolute Gasteiger partial charge is 0.132 e. The minimum absolute atomic E-state index is 0.170. The summed E-state index contributed by atoms with van der Waals surface area (Å²) in [4.78, 5) is 0. The topological polar surface area (TPSA) is 49.7 Å². The Morgan fingerprint density at radius 3 is 2.59 bits per heavy atom. The molecule has 3 aliphatic rings. The molecule has 5 atom stereocenters. The van der Waals surface area contributed by atoms with Crippen LogP contribution < -0.4 is 4.74 Å². The molecule has 0 aliphatic heterocycles. The first-order valence-electron chi connectivity index (χ1n) is 10.9. The summed E-state index contributed by atoms with van der Waals surface area (Å²) in [6.45, 7) is 8.39. The summed E-state index contributed by atoms with van der Waals surface area (Å²) in [5.41, 5.74) is 2.44. The van der Waals surface area contributed by atoms with Crippen molar-refractivity contribution in [3.8, 4) is 11.5 Å². The highest BCUT2D eigenvalue weighted by molar-refractivity contribution is 5.58. The number of aryl methyl sites for hydroxylation is 1. The molecule has 3 nitrogen and oxygen atoms in total. The Balaban J connectivity index is 1.81. The van der Waals surface area contributed by atoms with Gasteiger partial charge in [-0.3, -0.25) is 0 Å². The lowest BCUT2D eigenvalue weighted by Crippen LogP contribution is -2.42. The van der Waals surface area contributed by atoms with Gasteiger partial charge in [0.25, 0.3) is 0 Å². The van der Waals surface area contributed by atoms with E-state index < -0.39 is 5.60 Å². The molecule has 150 valence electrons. The van der Waals surface area contributed by atoms with Crippen molar-refractivity contribution in [2.75, 3.05) is 7.11 Å². The summed E-state index contributed by atoms with van der Waals surface area (Å²) in [7, 11) is 1.68. The molecule has 1 aromatic rings. The zero-order valence-electron chi connectivity index (χ0n) is 17.6. The second-order valence-electron chi connectivity index (χ2n) is 10.1. The Morgan fingerprint density at radius 2 is 1.96 bits per heavy atom. The van der Waals surface area contributed by atoms with Crippen molar-refractivity contribution in [3.63, 3.8) is 0 Å². The van der Waals surface area contributed by atoms with Crippen LogP contribution in [-0.4, -0.2) is 17.3 Å². The molecule has 0 unspecified atom stereocenters. The number of rotatable bonds is 3. The Labute approximate surface area is 164 Å². The zero-order chi connectivity index (χ0) is 19.6. The van der Waals surface area contributed by atoms with Crippen LogP contribution in [0.15, 0.2) is 6.07 Å². The first-order valence-corrected chi connectivity index (χ1v) is 10.9. The fourth-order valence-electron chi connectivity index (χ4n) is 7.28. The number of ether oxygens (including phenoxy) is 1. The van der Waals surface area contributed by atoms with E-state index in [-0.39, 0.29) is 5.75 Å². The maximum atomic E-state index is 10.7. The van der Waals surface area contributed by atoms with Gasteiger partial charge in [0.2, 0.25) is 0 Å². The number of aliphatic hydroxyl groups is 1. The number of methoxy groups -OCH3 is 1. The fraction of sp³-hybridized carbons (Fsp3) is 0.750. The van der Waals surface area contributed by atoms with Gasteiger partial charge in [0.05, 0.1) is 18.3 Å². The predicted molar refractivity (Wildman–Crippen MR) is 108 cm³/mol. The summed E-state index contributed by atoms with van der Waals surface area (Å²) in [6.07, 6.45) is 8.78. The molecular formula is C24H36O3. The summed E-state index contributed by atoms with van der Waals surface area (Å²) in [5, 5.41) is 21.3. The lowest BCUT2D eigenvalue weighted by Gasteiger charge is -2.51. The molecule has 2 N–H and O–H groups in total. The number of phenolic OH excluding ortho intramolecular Hbond substituents is 1. The van der Waals surface area contributed by atoms with Gasteiger partial charge in [-0.25, -0.2) is 0 Å². The van der Waals surface area contributed by atoms with Crippen molar-refractivity contribution in [2.45, 2.75) is 84.2 Å². The molecule has 4 rings (SSSR count). The van der Waals surface area contributed by atoms with Gasteiger partial charge < -0.3 is 14.9 Å². The maximum absolute atomic E-state index is 10.7. The number of hydrogen-bond acceptors (Lipinski definition) is 3. The average Bonchev–Trinajstić information content (AvgIpc) is 2.95. The van der Waals surface area contributed by atoms with Gasteiger partial charge in [-0.15, -0.1) is 0 Å². The van der Waals surface area contributed by atoms with Crippen molar-refractivity contribution >= 4 is 0 Å². The molecular weight excluding hydrogens is 336 g/mol. The molecule has 0 bridgehead atoms. The summed E-state index contributed by atoms with van der Waals surface area (Å²) in [6, 6.07) is 1.90. The SMILES string of the molecule is CC[C@H]1CC[C@H]2[C@@H]3CCc4cc(O)c(C(C)(C)O)c(OC)c4[C@H]3CC[C@]12C. The second-order valence-corrected chi connectivity index (χ2v) is 10.1. The monoisotopic (exact) mass is 372 g/mol. The van der Waals surface area contributed by atoms with Gasteiger partial charge in [-0.05, 0) is 93.1 Å². The molecule has 2 saturated carbocycles. The summed E-state index contributed by atoms with van der Waals surface area (Å²) < 4.78 is 5.86. The number of benzene rings is 1. The number of hydrogen-bond donors (Lipinski definition) is 2. The van der Waals surface area contributed by atoms with Gasteiger partial charge in [-0.2, -0.15) is 0 Å². The van der Waals surface area contributed by atoms with Crippen LogP contribution in [0.25, 0.3) is 0 Å². The Kier molecular flexibility index (Phi) is 4.53. The highest BCUT2D eigenvalue weighted by atomic mass is 16.5. The molecule has 0 amide bonds. The highest BCUT2D eigenvalue weighted by Gasteiger charge is 2.54. The van der Waals surface area contributed by atoms with E-state index in [1.165, 1.54) is 49.7 Å². The van der Waals surface area contributed by atoms with Crippen LogP contribution in [0.4, 0.5) is 0 Å². The molecule has 2 fully saturated rings. The van der Waals surface area contributed by atoms with Crippen molar-refractivity contribution in [3.05, 3.63) is 22.8 Å². The average molecular weight is 373 g/mol. The van der Waals surface area contributed by atoms with Crippen molar-refractivity contribution < 1.29 is 14.9 Å². The van der Waals surface area contributed by atoms with Gasteiger partial charge in [0.15, 0.2) is 0 Å². The first kappa shape index (κ1) is 19.1. The van der Waals surface area contributed by atoms with Gasteiger partial charge in [-0.1, -0.05) is 20.3 Å². The predicted octanol–water partition coefficient (Wildman–Crippen LogP) is 5.51. The third kappa shape index (κ3) is 2.72. The van der Waals surface area contributed by atoms with Crippen molar-refractivity contribution in [1.29, 1.82) is 0 Å². The molecule has 0 spiro atoms. The van der Waals surface area contributed by atoms with Gasteiger partial charge in [0, 0.05) is 5.56 Å². The van der Waals surface area contributed by atoms with Crippen LogP contribution >= 0.6 is 0 Å². The van der Waals surface area contributed by atoms with E-state index in [2.05, 4.69) is 13.8 Å². The number of phenols is 1. The van der Waals surface area contributed by atoms with Gasteiger partial charge >= 0.3 is 0 Å². The first-order chi connectivity index (χ1) is 12.7. The molecule has 3 aliphatic carbocycles. The van der Waals surface area contributed by atoms with E-state index in [1.54, 1.807) is 21.0 Å². The lowest BCUT2D eigenvalue weighted by molar-refractivity contribution is 0.0260. The van der Waals surface area contributed by atoms with E-state index in [1.807, 2.05) is 6.07 Å². The number of fused-ring (bicyclic) bond motifs is 5. The van der Waals surface area contributed by atoms with Gasteiger partial charge in [0.1, 0.15) is 11.5 Å². The molecule has 27 heavy (non-hydrogen) atoms. The van der Waals surface area contributed by atoms with Crippen LogP contribution in [0.3, 0.4) is 0 Å². The molecule has 1 aromatic carbocycles. The molecule has 0 aromatic heterocycles. The Morgan fingerprint density at radius 1 is 1.22 bits per heavy atom. The Bertz CT molecular complexity index is 732. The summed E-state index contributed by atoms with van der Waals surface area (Å²) in [5.74, 6) is 3.79. The molecule has 0 heterocycles. The maximum Gasteiger partial charge on any atom is 0.132 e. The minimum atomic E-state index is -1.12. The third-order valence-corrected chi connectivity index (χ3v) is 8.44. The van der Waals surface area contributed by atoms with E-state index in [0.717, 1.165) is 24.0 Å². The quantitative estimate of drug-likeness (QED) is 0.735. The van der Waals surface area contributed by atoms with Crippen LogP contribution in [0.2, 0.25) is 0 Å². The lowest BCUT2D eigenvalue weighted by atomic mass is 9.53. The minimum Gasteiger partial charge on any atom is -0.507 e. The Hall–Kier alpha value is -1.22. The van der Waals surface area contributed by atoms with E-state index in [9.17, 15) is 10.2 Å². The standard InChI is InChI=1S/C24H36O3/c1-6-15-8-10-18-16-9-7-14-13-19(25)21(23(2,3)26)22(27-5)20(14)17(16)11-12-24(15,18)4/h13,15-18,25-26H,6-12H2,1-5H3/t15-,16+,17-,18-,24+/m0/s1. The van der Waals surface area contributed by atoms with Crippen molar-refractivity contribution in [2.24, 2.45) is 23.2 Å².